The minimum atomic E-state index is -1.15. The number of carboxylic acid groups (broad SMARTS) is 2. The van der Waals surface area contributed by atoms with E-state index in [4.69, 9.17) is 0 Å². The lowest BCUT2D eigenvalue weighted by molar-refractivity contribution is -0.315. The van der Waals surface area contributed by atoms with Crippen LogP contribution >= 0.6 is 0 Å². The van der Waals surface area contributed by atoms with Gasteiger partial charge in [0.05, 0.1) is 0 Å². The predicted octanol–water partition coefficient (Wildman–Crippen LogP) is -1.57. The Morgan fingerprint density at radius 3 is 1.62 bits per heavy atom. The average Bonchev–Trinajstić information content (AvgIpc) is 3.44. The number of amides is 2. The van der Waals surface area contributed by atoms with Crippen LogP contribution in [0.3, 0.4) is 0 Å². The summed E-state index contributed by atoms with van der Waals surface area (Å²) in [6.45, 7) is 1.92. The first-order valence-electron chi connectivity index (χ1n) is 10.8. The minimum absolute atomic E-state index is 0.0232. The van der Waals surface area contributed by atoms with Gasteiger partial charge >= 0.3 is 0 Å². The van der Waals surface area contributed by atoms with E-state index in [0.717, 1.165) is 38.5 Å². The SMILES string of the molecule is C[C@H](CNC(=O)[C@H]1[C@@H]2CC[C@@H](C2)[C@@H]1C(=O)[O-])NC(=O)[C@@H]1[C@@H]2CC[C@@H](C2)[C@@H]1C(=O)[O-]. The predicted molar refractivity (Wildman–Crippen MR) is 96.3 cm³/mol. The summed E-state index contributed by atoms with van der Waals surface area (Å²) in [4.78, 5) is 48.3. The van der Waals surface area contributed by atoms with Crippen molar-refractivity contribution in [1.82, 2.24) is 10.6 Å². The van der Waals surface area contributed by atoms with Gasteiger partial charge in [-0.25, -0.2) is 0 Å². The fourth-order valence-electron chi connectivity index (χ4n) is 6.78. The molecule has 4 aliphatic rings. The smallest absolute Gasteiger partial charge is 0.224 e. The summed E-state index contributed by atoms with van der Waals surface area (Å²) < 4.78 is 0. The van der Waals surface area contributed by atoms with E-state index in [1.165, 1.54) is 0 Å². The van der Waals surface area contributed by atoms with E-state index >= 15 is 0 Å². The zero-order chi connectivity index (χ0) is 20.9. The van der Waals surface area contributed by atoms with E-state index in [-0.39, 0.29) is 48.1 Å². The van der Waals surface area contributed by atoms with Gasteiger partial charge in [-0.2, -0.15) is 0 Å². The molecule has 4 bridgehead atoms. The Hall–Kier alpha value is -2.12. The summed E-state index contributed by atoms with van der Waals surface area (Å²) in [5, 5.41) is 28.6. The number of carboxylic acids is 2. The molecule has 4 saturated carbocycles. The Kier molecular flexibility index (Phi) is 5.29. The van der Waals surface area contributed by atoms with Crippen LogP contribution in [0.4, 0.5) is 0 Å². The van der Waals surface area contributed by atoms with Crippen molar-refractivity contribution in [3.63, 3.8) is 0 Å². The van der Waals surface area contributed by atoms with Crippen molar-refractivity contribution in [2.45, 2.75) is 51.5 Å². The highest BCUT2D eigenvalue weighted by Gasteiger charge is 2.52. The summed E-state index contributed by atoms with van der Waals surface area (Å²) in [6.07, 6.45) is 4.93. The van der Waals surface area contributed by atoms with Crippen molar-refractivity contribution in [2.75, 3.05) is 6.54 Å². The number of hydrogen-bond donors (Lipinski definition) is 2. The van der Waals surface area contributed by atoms with Crippen molar-refractivity contribution in [1.29, 1.82) is 0 Å². The molecule has 0 aliphatic heterocycles. The van der Waals surface area contributed by atoms with Crippen LogP contribution in [0.15, 0.2) is 0 Å². The van der Waals surface area contributed by atoms with Gasteiger partial charge in [0.25, 0.3) is 0 Å². The Bertz CT molecular complexity index is 724. The number of carbonyl (C=O) groups excluding carboxylic acids is 4. The van der Waals surface area contributed by atoms with Gasteiger partial charge in [0, 0.05) is 48.2 Å². The summed E-state index contributed by atoms with van der Waals surface area (Å²) in [5.41, 5.74) is 0. The zero-order valence-electron chi connectivity index (χ0n) is 16.6. The highest BCUT2D eigenvalue weighted by molar-refractivity contribution is 5.87. The molecule has 0 saturated heterocycles. The van der Waals surface area contributed by atoms with Gasteiger partial charge < -0.3 is 30.4 Å². The van der Waals surface area contributed by atoms with E-state index in [1.54, 1.807) is 6.92 Å². The van der Waals surface area contributed by atoms with E-state index in [1.807, 2.05) is 0 Å². The summed E-state index contributed by atoms with van der Waals surface area (Å²) in [6, 6.07) is -0.382. The molecule has 4 rings (SSSR count). The molecule has 0 unspecified atom stereocenters. The van der Waals surface area contributed by atoms with Crippen LogP contribution in [0.5, 0.6) is 0 Å². The van der Waals surface area contributed by atoms with Crippen LogP contribution in [0.25, 0.3) is 0 Å². The molecule has 2 N–H and O–H groups in total. The maximum atomic E-state index is 12.7. The fraction of sp³-hybridized carbons (Fsp3) is 0.810. The van der Waals surface area contributed by atoms with Crippen molar-refractivity contribution < 1.29 is 29.4 Å². The molecule has 0 heterocycles. The second-order valence-corrected chi connectivity index (χ2v) is 9.56. The van der Waals surface area contributed by atoms with Gasteiger partial charge in [0.1, 0.15) is 0 Å². The number of aliphatic carboxylic acids is 2. The first kappa shape index (κ1) is 20.2. The third kappa shape index (κ3) is 3.51. The van der Waals surface area contributed by atoms with Crippen molar-refractivity contribution in [2.24, 2.45) is 47.3 Å². The first-order chi connectivity index (χ1) is 13.8. The second kappa shape index (κ2) is 7.61. The molecule has 8 nitrogen and oxygen atoms in total. The molecular weight excluding hydrogens is 376 g/mol. The third-order valence-electron chi connectivity index (χ3n) is 7.95. The maximum absolute atomic E-state index is 12.7. The number of carbonyl (C=O) groups is 4. The molecule has 4 aliphatic carbocycles. The topological polar surface area (TPSA) is 138 Å². The van der Waals surface area contributed by atoms with Crippen LogP contribution in [0.1, 0.15) is 45.4 Å². The molecule has 4 fully saturated rings. The second-order valence-electron chi connectivity index (χ2n) is 9.56. The molecule has 0 aromatic carbocycles. The van der Waals surface area contributed by atoms with Gasteiger partial charge in [0.15, 0.2) is 0 Å². The number of hydrogen-bond acceptors (Lipinski definition) is 6. The molecule has 8 heteroatoms. The van der Waals surface area contributed by atoms with Crippen molar-refractivity contribution in [3.8, 4) is 0 Å². The van der Waals surface area contributed by atoms with E-state index in [9.17, 15) is 29.4 Å². The van der Waals surface area contributed by atoms with E-state index < -0.39 is 35.6 Å². The van der Waals surface area contributed by atoms with Gasteiger partial charge in [-0.05, 0) is 69.1 Å². The standard InChI is InChI=1S/C21H30N2O6/c1-9(23-19(25)15-11-3-5-13(7-11)17(15)21(28)29)8-22-18(24)14-10-2-4-12(6-10)16(14)20(26)27/h9-17H,2-8H2,1H3,(H,22,24)(H,23,25)(H,26,27)(H,28,29)/p-2/t9-,10-,11-,12+,13+,14+,15-,16+,17+/m1/s1. The fourth-order valence-corrected chi connectivity index (χ4v) is 6.78. The quantitative estimate of drug-likeness (QED) is 0.526. The van der Waals surface area contributed by atoms with Crippen LogP contribution in [0, 0.1) is 47.3 Å². The third-order valence-corrected chi connectivity index (χ3v) is 7.95. The lowest BCUT2D eigenvalue weighted by Gasteiger charge is -2.32. The highest BCUT2D eigenvalue weighted by Crippen LogP contribution is 2.53. The number of nitrogens with one attached hydrogen (secondary N) is 2. The van der Waals surface area contributed by atoms with Gasteiger partial charge in [-0.15, -0.1) is 0 Å². The molecule has 0 aromatic heterocycles. The molecule has 0 aromatic rings. The van der Waals surface area contributed by atoms with Crippen LogP contribution in [0.2, 0.25) is 0 Å². The summed E-state index contributed by atoms with van der Waals surface area (Å²) in [7, 11) is 0. The summed E-state index contributed by atoms with van der Waals surface area (Å²) >= 11 is 0. The molecule has 9 atom stereocenters. The normalized spacial score (nSPS) is 40.6. The molecule has 29 heavy (non-hydrogen) atoms. The van der Waals surface area contributed by atoms with Crippen molar-refractivity contribution in [3.05, 3.63) is 0 Å². The Morgan fingerprint density at radius 2 is 1.17 bits per heavy atom. The maximum Gasteiger partial charge on any atom is 0.224 e. The van der Waals surface area contributed by atoms with Gasteiger partial charge in [0.2, 0.25) is 11.8 Å². The zero-order valence-corrected chi connectivity index (χ0v) is 16.6. The molecule has 0 spiro atoms. The monoisotopic (exact) mass is 404 g/mol. The lowest BCUT2D eigenvalue weighted by atomic mass is 9.78. The molecular formula is C21H28N2O6-2. The highest BCUT2D eigenvalue weighted by atomic mass is 16.4. The minimum Gasteiger partial charge on any atom is -0.550 e. The number of fused-ring (bicyclic) bond motifs is 4. The van der Waals surface area contributed by atoms with Crippen LogP contribution in [-0.2, 0) is 19.2 Å². The van der Waals surface area contributed by atoms with Crippen molar-refractivity contribution >= 4 is 23.8 Å². The van der Waals surface area contributed by atoms with E-state index in [0.29, 0.717) is 0 Å². The lowest BCUT2D eigenvalue weighted by Crippen LogP contribution is -2.51. The average molecular weight is 404 g/mol. The van der Waals surface area contributed by atoms with Gasteiger partial charge in [-0.3, -0.25) is 9.59 Å². The molecule has 160 valence electrons. The Morgan fingerprint density at radius 1 is 0.759 bits per heavy atom. The first-order valence-corrected chi connectivity index (χ1v) is 10.8. The van der Waals surface area contributed by atoms with Crippen LogP contribution < -0.4 is 20.8 Å². The summed E-state index contributed by atoms with van der Waals surface area (Å²) in [5.74, 6) is -5.24. The van der Waals surface area contributed by atoms with Crippen LogP contribution in [-0.4, -0.2) is 36.3 Å². The molecule has 0 radical (unpaired) electrons. The Labute approximate surface area is 169 Å². The van der Waals surface area contributed by atoms with Gasteiger partial charge in [-0.1, -0.05) is 0 Å². The Balaban J connectivity index is 1.30. The molecule has 2 amide bonds. The number of rotatable bonds is 7. The van der Waals surface area contributed by atoms with E-state index in [2.05, 4.69) is 10.6 Å². The largest absolute Gasteiger partial charge is 0.550 e.